The first-order valence-corrected chi connectivity index (χ1v) is 13.0. The van der Waals surface area contributed by atoms with E-state index in [4.69, 9.17) is 14.2 Å². The Kier molecular flexibility index (Phi) is 5.00. The molecule has 0 N–H and O–H groups in total. The summed E-state index contributed by atoms with van der Waals surface area (Å²) in [4.78, 5) is 12.8. The molecule has 5 aliphatic rings. The molecule has 1 aromatic rings. The van der Waals surface area contributed by atoms with Crippen molar-refractivity contribution in [3.63, 3.8) is 0 Å². The van der Waals surface area contributed by atoms with Gasteiger partial charge in [0.25, 0.3) is 0 Å². The van der Waals surface area contributed by atoms with Crippen molar-refractivity contribution in [1.29, 1.82) is 0 Å². The Balaban J connectivity index is 1.19. The first-order valence-electron chi connectivity index (χ1n) is 13.0. The monoisotopic (exact) mass is 438 g/mol. The summed E-state index contributed by atoms with van der Waals surface area (Å²) in [6, 6.07) is 9.50. The van der Waals surface area contributed by atoms with Crippen LogP contribution < -0.4 is 0 Å². The van der Waals surface area contributed by atoms with E-state index < -0.39 is 0 Å². The number of rotatable bonds is 2. The van der Waals surface area contributed by atoms with Crippen LogP contribution in [-0.4, -0.2) is 31.1 Å². The van der Waals surface area contributed by atoms with Crippen LogP contribution in [-0.2, 0) is 14.2 Å². The number of hydrogen-bond acceptors (Lipinski definition) is 4. The summed E-state index contributed by atoms with van der Waals surface area (Å²) in [5.74, 6) is 2.54. The van der Waals surface area contributed by atoms with Crippen LogP contribution in [0, 0.1) is 34.5 Å². The quantitative estimate of drug-likeness (QED) is 0.532. The Labute approximate surface area is 192 Å². The summed E-state index contributed by atoms with van der Waals surface area (Å²) in [5, 5.41) is 0. The van der Waals surface area contributed by atoms with Crippen molar-refractivity contribution in [1.82, 2.24) is 0 Å². The maximum atomic E-state index is 12.8. The fourth-order valence-electron chi connectivity index (χ4n) is 8.87. The molecule has 1 heterocycles. The van der Waals surface area contributed by atoms with Crippen LogP contribution in [0.3, 0.4) is 0 Å². The minimum Gasteiger partial charge on any atom is -0.458 e. The van der Waals surface area contributed by atoms with E-state index in [1.165, 1.54) is 38.5 Å². The molecule has 1 aromatic carbocycles. The van der Waals surface area contributed by atoms with Crippen LogP contribution in [0.25, 0.3) is 0 Å². The van der Waals surface area contributed by atoms with Gasteiger partial charge < -0.3 is 14.2 Å². The van der Waals surface area contributed by atoms with E-state index in [0.717, 1.165) is 44.3 Å². The third-order valence-electron chi connectivity index (χ3n) is 10.7. The van der Waals surface area contributed by atoms with E-state index in [0.29, 0.717) is 22.8 Å². The van der Waals surface area contributed by atoms with Gasteiger partial charge in [0, 0.05) is 18.3 Å². The predicted octanol–water partition coefficient (Wildman–Crippen LogP) is 6.00. The molecule has 5 fully saturated rings. The lowest BCUT2D eigenvalue weighted by molar-refractivity contribution is -0.230. The maximum absolute atomic E-state index is 12.8. The van der Waals surface area contributed by atoms with Crippen LogP contribution in [0.15, 0.2) is 30.3 Å². The van der Waals surface area contributed by atoms with E-state index in [1.807, 2.05) is 30.3 Å². The molecule has 1 saturated heterocycles. The molecule has 1 spiro atoms. The number of ether oxygens (including phenoxy) is 3. The highest BCUT2D eigenvalue weighted by Gasteiger charge is 2.62. The van der Waals surface area contributed by atoms with Gasteiger partial charge in [0.1, 0.15) is 6.10 Å². The molecule has 0 radical (unpaired) electrons. The maximum Gasteiger partial charge on any atom is 0.338 e. The molecule has 32 heavy (non-hydrogen) atoms. The van der Waals surface area contributed by atoms with Crippen molar-refractivity contribution in [2.75, 3.05) is 13.2 Å². The van der Waals surface area contributed by atoms with Gasteiger partial charge in [-0.3, -0.25) is 0 Å². The second kappa shape index (κ2) is 7.56. The minimum absolute atomic E-state index is 0.0570. The van der Waals surface area contributed by atoms with Gasteiger partial charge in [-0.1, -0.05) is 32.0 Å². The summed E-state index contributed by atoms with van der Waals surface area (Å²) in [5.41, 5.74) is 1.21. The Morgan fingerprint density at radius 1 is 0.875 bits per heavy atom. The fourth-order valence-corrected chi connectivity index (χ4v) is 8.87. The van der Waals surface area contributed by atoms with Gasteiger partial charge in [0.2, 0.25) is 0 Å². The largest absolute Gasteiger partial charge is 0.458 e. The van der Waals surface area contributed by atoms with E-state index >= 15 is 0 Å². The van der Waals surface area contributed by atoms with Crippen molar-refractivity contribution in [3.8, 4) is 0 Å². The molecule has 4 nitrogen and oxygen atoms in total. The van der Waals surface area contributed by atoms with Gasteiger partial charge in [0.05, 0.1) is 18.8 Å². The third kappa shape index (κ3) is 3.12. The van der Waals surface area contributed by atoms with Crippen molar-refractivity contribution < 1.29 is 19.0 Å². The highest BCUT2D eigenvalue weighted by molar-refractivity contribution is 5.89. The summed E-state index contributed by atoms with van der Waals surface area (Å²) in [7, 11) is 0. The number of benzene rings is 1. The molecule has 0 unspecified atom stereocenters. The zero-order chi connectivity index (χ0) is 22.0. The number of carbonyl (C=O) groups is 1. The molecule has 4 saturated carbocycles. The normalized spacial score (nSPS) is 44.5. The summed E-state index contributed by atoms with van der Waals surface area (Å²) < 4.78 is 18.4. The first kappa shape index (κ1) is 21.2. The molecule has 0 amide bonds. The van der Waals surface area contributed by atoms with Crippen LogP contribution in [0.1, 0.15) is 82.0 Å². The lowest BCUT2D eigenvalue weighted by Gasteiger charge is -2.61. The van der Waals surface area contributed by atoms with E-state index in [9.17, 15) is 4.79 Å². The molecular weight excluding hydrogens is 400 g/mol. The van der Waals surface area contributed by atoms with E-state index in [2.05, 4.69) is 13.8 Å². The number of hydrogen-bond donors (Lipinski definition) is 0. The fraction of sp³-hybridized carbons (Fsp3) is 0.750. The average Bonchev–Trinajstić information content (AvgIpc) is 3.39. The second-order valence-corrected chi connectivity index (χ2v) is 11.9. The summed E-state index contributed by atoms with van der Waals surface area (Å²) >= 11 is 0. The minimum atomic E-state index is -0.274. The molecule has 0 bridgehead atoms. The highest BCUT2D eigenvalue weighted by atomic mass is 16.7. The Morgan fingerprint density at radius 3 is 2.41 bits per heavy atom. The van der Waals surface area contributed by atoms with Gasteiger partial charge in [-0.05, 0) is 86.2 Å². The van der Waals surface area contributed by atoms with Crippen LogP contribution >= 0.6 is 0 Å². The SMILES string of the molecule is C[C@]12CCC3(C[C@@H]1CC[C@H]1[C@H]2CC[C@@]2(C)[C@@H]1CC[C@H]2OC(=O)c1ccccc1)OCCO3. The first-order chi connectivity index (χ1) is 15.4. The second-order valence-electron chi connectivity index (χ2n) is 11.9. The standard InChI is InChI=1S/C28H38O4/c1-26-14-15-28(30-16-17-31-28)18-20(26)8-9-21-22-10-11-24(27(22,2)13-12-23(21)26)32-25(29)19-6-4-3-5-7-19/h3-7,20-24H,8-18H2,1-2H3/t20-,21+,22+,23+,24+,26-,27-/m0/s1. The lowest BCUT2D eigenvalue weighted by atomic mass is 9.45. The number of fused-ring (bicyclic) bond motifs is 5. The zero-order valence-electron chi connectivity index (χ0n) is 19.7. The lowest BCUT2D eigenvalue weighted by Crippen LogP contribution is -2.56. The zero-order valence-corrected chi connectivity index (χ0v) is 19.7. The molecule has 6 rings (SSSR count). The highest BCUT2D eigenvalue weighted by Crippen LogP contribution is 2.67. The number of esters is 1. The van der Waals surface area contributed by atoms with Crippen molar-refractivity contribution in [2.45, 2.75) is 83.5 Å². The molecule has 0 aromatic heterocycles. The van der Waals surface area contributed by atoms with Crippen molar-refractivity contribution in [2.24, 2.45) is 34.5 Å². The average molecular weight is 439 g/mol. The molecule has 4 heteroatoms. The molecule has 7 atom stereocenters. The van der Waals surface area contributed by atoms with Crippen molar-refractivity contribution >= 4 is 5.97 Å². The van der Waals surface area contributed by atoms with Crippen molar-refractivity contribution in [3.05, 3.63) is 35.9 Å². The number of carbonyl (C=O) groups excluding carboxylic acids is 1. The Bertz CT molecular complexity index is 861. The molecule has 1 aliphatic heterocycles. The van der Waals surface area contributed by atoms with Crippen LogP contribution in [0.5, 0.6) is 0 Å². The van der Waals surface area contributed by atoms with Crippen LogP contribution in [0.2, 0.25) is 0 Å². The molecular formula is C28H38O4. The summed E-state index contributed by atoms with van der Waals surface area (Å²) in [6.45, 7) is 6.53. The molecule has 174 valence electrons. The Hall–Kier alpha value is -1.39. The van der Waals surface area contributed by atoms with E-state index in [1.54, 1.807) is 0 Å². The topological polar surface area (TPSA) is 44.8 Å². The van der Waals surface area contributed by atoms with Crippen LogP contribution in [0.4, 0.5) is 0 Å². The smallest absolute Gasteiger partial charge is 0.338 e. The third-order valence-corrected chi connectivity index (χ3v) is 10.7. The van der Waals surface area contributed by atoms with Gasteiger partial charge in [-0.15, -0.1) is 0 Å². The van der Waals surface area contributed by atoms with Gasteiger partial charge >= 0.3 is 5.97 Å². The van der Waals surface area contributed by atoms with Gasteiger partial charge in [0.15, 0.2) is 5.79 Å². The van der Waals surface area contributed by atoms with Gasteiger partial charge in [-0.25, -0.2) is 4.79 Å². The predicted molar refractivity (Wildman–Crippen MR) is 122 cm³/mol. The van der Waals surface area contributed by atoms with Gasteiger partial charge in [-0.2, -0.15) is 0 Å². The Morgan fingerprint density at radius 2 is 1.62 bits per heavy atom. The van der Waals surface area contributed by atoms with E-state index in [-0.39, 0.29) is 23.3 Å². The summed E-state index contributed by atoms with van der Waals surface area (Å²) in [6.07, 6.45) is 10.7. The molecule has 4 aliphatic carbocycles.